The summed E-state index contributed by atoms with van der Waals surface area (Å²) in [4.78, 5) is 33.3. The second kappa shape index (κ2) is 6.39. The highest BCUT2D eigenvalue weighted by atomic mass is 16.2. The minimum atomic E-state index is -0.160. The van der Waals surface area contributed by atoms with E-state index in [0.717, 1.165) is 22.9 Å². The first kappa shape index (κ1) is 15.4. The van der Waals surface area contributed by atoms with Crippen molar-refractivity contribution in [3.05, 3.63) is 59.9 Å². The molecule has 0 radical (unpaired) electrons. The van der Waals surface area contributed by atoms with E-state index in [1.807, 2.05) is 42.5 Å². The normalized spacial score (nSPS) is 14.2. The predicted molar refractivity (Wildman–Crippen MR) is 95.3 cm³/mol. The van der Waals surface area contributed by atoms with E-state index in [9.17, 15) is 9.59 Å². The number of hydrogen-bond acceptors (Lipinski definition) is 3. The SMILES string of the molecule is O=C(NCc1ccnc(N2CCCC2=O)c1)c1cc2ccccc2[nH]1. The van der Waals surface area contributed by atoms with Gasteiger partial charge in [0.25, 0.3) is 5.91 Å². The van der Waals surface area contributed by atoms with Crippen molar-refractivity contribution in [2.45, 2.75) is 19.4 Å². The highest BCUT2D eigenvalue weighted by Crippen LogP contribution is 2.20. The molecule has 1 aromatic carbocycles. The van der Waals surface area contributed by atoms with Gasteiger partial charge in [0, 0.05) is 36.6 Å². The summed E-state index contributed by atoms with van der Waals surface area (Å²) >= 11 is 0. The Bertz CT molecular complexity index is 914. The van der Waals surface area contributed by atoms with Crippen LogP contribution in [-0.4, -0.2) is 28.3 Å². The number of H-pyrrole nitrogens is 1. The summed E-state index contributed by atoms with van der Waals surface area (Å²) in [5, 5.41) is 3.91. The number of anilines is 1. The Morgan fingerprint density at radius 2 is 2.12 bits per heavy atom. The van der Waals surface area contributed by atoms with Crippen molar-refractivity contribution in [2.75, 3.05) is 11.4 Å². The number of fused-ring (bicyclic) bond motifs is 1. The molecule has 2 N–H and O–H groups in total. The summed E-state index contributed by atoms with van der Waals surface area (Å²) in [5.41, 5.74) is 2.38. The molecule has 3 heterocycles. The Morgan fingerprint density at radius 1 is 1.24 bits per heavy atom. The van der Waals surface area contributed by atoms with Crippen molar-refractivity contribution < 1.29 is 9.59 Å². The number of pyridine rings is 1. The second-order valence-electron chi connectivity index (χ2n) is 6.12. The van der Waals surface area contributed by atoms with Crippen molar-refractivity contribution in [2.24, 2.45) is 0 Å². The number of aromatic nitrogens is 2. The lowest BCUT2D eigenvalue weighted by Gasteiger charge is -2.15. The molecule has 0 saturated carbocycles. The number of amides is 2. The van der Waals surface area contributed by atoms with Crippen LogP contribution >= 0.6 is 0 Å². The number of carbonyl (C=O) groups excluding carboxylic acids is 2. The van der Waals surface area contributed by atoms with Crippen LogP contribution in [0.4, 0.5) is 5.82 Å². The standard InChI is InChI=1S/C19H18N4O2/c24-18-6-3-9-23(18)17-10-13(7-8-20-17)12-21-19(25)16-11-14-4-1-2-5-15(14)22-16/h1-2,4-5,7-8,10-11,22H,3,6,9,12H2,(H,21,25). The van der Waals surface area contributed by atoms with Gasteiger partial charge in [-0.3, -0.25) is 14.5 Å². The number of rotatable bonds is 4. The first-order valence-electron chi connectivity index (χ1n) is 8.32. The minimum absolute atomic E-state index is 0.103. The lowest BCUT2D eigenvalue weighted by atomic mass is 10.2. The van der Waals surface area contributed by atoms with E-state index in [1.165, 1.54) is 0 Å². The van der Waals surface area contributed by atoms with Crippen molar-refractivity contribution in [3.63, 3.8) is 0 Å². The Kier molecular flexibility index (Phi) is 3.93. The van der Waals surface area contributed by atoms with Crippen molar-refractivity contribution in [3.8, 4) is 0 Å². The molecule has 1 fully saturated rings. The van der Waals surface area contributed by atoms with Crippen molar-refractivity contribution in [1.82, 2.24) is 15.3 Å². The number of benzene rings is 1. The molecule has 25 heavy (non-hydrogen) atoms. The van der Waals surface area contributed by atoms with E-state index < -0.39 is 0 Å². The molecule has 3 aromatic rings. The Balaban J connectivity index is 1.45. The lowest BCUT2D eigenvalue weighted by molar-refractivity contribution is -0.117. The molecule has 1 aliphatic heterocycles. The number of nitrogens with zero attached hydrogens (tertiary/aromatic N) is 2. The number of aromatic amines is 1. The van der Waals surface area contributed by atoms with Gasteiger partial charge in [0.05, 0.1) is 0 Å². The fourth-order valence-corrected chi connectivity index (χ4v) is 3.08. The smallest absolute Gasteiger partial charge is 0.267 e. The van der Waals surface area contributed by atoms with Crippen LogP contribution in [-0.2, 0) is 11.3 Å². The zero-order valence-corrected chi connectivity index (χ0v) is 13.7. The number of carbonyl (C=O) groups is 2. The molecule has 0 unspecified atom stereocenters. The summed E-state index contributed by atoms with van der Waals surface area (Å²) in [6, 6.07) is 13.3. The van der Waals surface area contributed by atoms with E-state index in [0.29, 0.717) is 31.0 Å². The maximum absolute atomic E-state index is 12.4. The number of nitrogens with one attached hydrogen (secondary N) is 2. The average molecular weight is 334 g/mol. The molecule has 1 saturated heterocycles. The zero-order valence-electron chi connectivity index (χ0n) is 13.7. The molecule has 0 atom stereocenters. The third kappa shape index (κ3) is 3.10. The molecule has 2 aromatic heterocycles. The zero-order chi connectivity index (χ0) is 17.2. The van der Waals surface area contributed by atoms with Crippen LogP contribution in [0, 0.1) is 0 Å². The van der Waals surface area contributed by atoms with Gasteiger partial charge in [0.15, 0.2) is 0 Å². The van der Waals surface area contributed by atoms with Gasteiger partial charge in [-0.25, -0.2) is 4.98 Å². The third-order valence-electron chi connectivity index (χ3n) is 4.39. The van der Waals surface area contributed by atoms with Crippen LogP contribution in [0.5, 0.6) is 0 Å². The molecule has 0 bridgehead atoms. The Morgan fingerprint density at radius 3 is 2.92 bits per heavy atom. The quantitative estimate of drug-likeness (QED) is 0.770. The fraction of sp³-hybridized carbons (Fsp3) is 0.211. The maximum atomic E-state index is 12.4. The molecule has 2 amide bonds. The van der Waals surface area contributed by atoms with Crippen LogP contribution < -0.4 is 10.2 Å². The minimum Gasteiger partial charge on any atom is -0.351 e. The fourth-order valence-electron chi connectivity index (χ4n) is 3.08. The van der Waals surface area contributed by atoms with Gasteiger partial charge >= 0.3 is 0 Å². The monoisotopic (exact) mass is 334 g/mol. The first-order valence-corrected chi connectivity index (χ1v) is 8.32. The van der Waals surface area contributed by atoms with Crippen LogP contribution in [0.3, 0.4) is 0 Å². The lowest BCUT2D eigenvalue weighted by Crippen LogP contribution is -2.26. The summed E-state index contributed by atoms with van der Waals surface area (Å²) in [6.07, 6.45) is 3.11. The summed E-state index contributed by atoms with van der Waals surface area (Å²) in [6.45, 7) is 1.09. The summed E-state index contributed by atoms with van der Waals surface area (Å²) < 4.78 is 0. The van der Waals surface area contributed by atoms with Gasteiger partial charge in [0.1, 0.15) is 11.5 Å². The Labute approximate surface area is 144 Å². The number of para-hydroxylation sites is 1. The van der Waals surface area contributed by atoms with E-state index in [4.69, 9.17) is 0 Å². The molecule has 0 aliphatic carbocycles. The van der Waals surface area contributed by atoms with Crippen molar-refractivity contribution >= 4 is 28.5 Å². The number of hydrogen-bond donors (Lipinski definition) is 2. The van der Waals surface area contributed by atoms with Crippen LogP contribution in [0.1, 0.15) is 28.9 Å². The van der Waals surface area contributed by atoms with Gasteiger partial charge in [-0.15, -0.1) is 0 Å². The molecule has 126 valence electrons. The third-order valence-corrected chi connectivity index (χ3v) is 4.39. The largest absolute Gasteiger partial charge is 0.351 e. The topological polar surface area (TPSA) is 78.1 Å². The highest BCUT2D eigenvalue weighted by Gasteiger charge is 2.22. The van der Waals surface area contributed by atoms with E-state index in [1.54, 1.807) is 11.1 Å². The Hall–Kier alpha value is -3.15. The highest BCUT2D eigenvalue weighted by molar-refractivity contribution is 5.98. The summed E-state index contributed by atoms with van der Waals surface area (Å²) in [7, 11) is 0. The van der Waals surface area contributed by atoms with Gasteiger partial charge in [-0.2, -0.15) is 0 Å². The van der Waals surface area contributed by atoms with Crippen LogP contribution in [0.25, 0.3) is 10.9 Å². The molecule has 6 heteroatoms. The molecule has 4 rings (SSSR count). The summed E-state index contributed by atoms with van der Waals surface area (Å²) in [5.74, 6) is 0.596. The van der Waals surface area contributed by atoms with Gasteiger partial charge in [-0.1, -0.05) is 18.2 Å². The van der Waals surface area contributed by atoms with Gasteiger partial charge in [0.2, 0.25) is 5.91 Å². The average Bonchev–Trinajstić information content (AvgIpc) is 3.26. The predicted octanol–water partition coefficient (Wildman–Crippen LogP) is 2.62. The second-order valence-corrected chi connectivity index (χ2v) is 6.12. The van der Waals surface area contributed by atoms with Crippen LogP contribution in [0.2, 0.25) is 0 Å². The van der Waals surface area contributed by atoms with Gasteiger partial charge in [-0.05, 0) is 36.2 Å². The van der Waals surface area contributed by atoms with E-state index in [2.05, 4.69) is 15.3 Å². The molecule has 1 aliphatic rings. The maximum Gasteiger partial charge on any atom is 0.267 e. The molecular formula is C19H18N4O2. The van der Waals surface area contributed by atoms with E-state index >= 15 is 0 Å². The van der Waals surface area contributed by atoms with Gasteiger partial charge < -0.3 is 10.3 Å². The first-order chi connectivity index (χ1) is 12.2. The van der Waals surface area contributed by atoms with Crippen LogP contribution in [0.15, 0.2) is 48.7 Å². The van der Waals surface area contributed by atoms with E-state index in [-0.39, 0.29) is 11.8 Å². The van der Waals surface area contributed by atoms with Crippen molar-refractivity contribution in [1.29, 1.82) is 0 Å². The molecule has 6 nitrogen and oxygen atoms in total. The molecule has 0 spiro atoms. The molecular weight excluding hydrogens is 316 g/mol.